The van der Waals surface area contributed by atoms with E-state index in [1.165, 1.54) is 24.3 Å². The molecule has 0 aliphatic carbocycles. The second kappa shape index (κ2) is 5.52. The summed E-state index contributed by atoms with van der Waals surface area (Å²) in [6.45, 7) is -5.50. The van der Waals surface area contributed by atoms with Gasteiger partial charge in [0, 0.05) is 6.07 Å². The Balaban J connectivity index is 2.20. The van der Waals surface area contributed by atoms with Crippen molar-refractivity contribution in [2.45, 2.75) is 6.61 Å². The lowest BCUT2D eigenvalue weighted by Crippen LogP contribution is -2.35. The molecule has 0 aliphatic rings. The molecule has 0 radical (unpaired) electrons. The Bertz CT molecular complexity index is 595. The molecule has 7 heteroatoms. The Labute approximate surface area is 112 Å². The molecule has 1 nitrogen and oxygen atoms in total. The van der Waals surface area contributed by atoms with Gasteiger partial charge in [-0.05, 0) is 23.8 Å². The molecule has 0 saturated carbocycles. The maximum atomic E-state index is 13.0. The summed E-state index contributed by atoms with van der Waals surface area (Å²) >= 11 is 0. The third kappa shape index (κ3) is 3.49. The van der Waals surface area contributed by atoms with Crippen molar-refractivity contribution >= 4 is 12.4 Å². The highest BCUT2D eigenvalue weighted by Gasteiger charge is 2.29. The Hall–Kier alpha value is -2.05. The monoisotopic (exact) mass is 287 g/mol. The summed E-state index contributed by atoms with van der Waals surface area (Å²) in [6.07, 6.45) is 0. The van der Waals surface area contributed by atoms with E-state index in [2.05, 4.69) is 0 Å². The van der Waals surface area contributed by atoms with Crippen LogP contribution in [0.15, 0.2) is 42.5 Å². The van der Waals surface area contributed by atoms with Gasteiger partial charge in [0.15, 0.2) is 0 Å². The molecule has 0 unspecified atom stereocenters. The molecule has 0 N–H and O–H groups in total. The Morgan fingerprint density at radius 3 is 2.05 bits per heavy atom. The number of ether oxygens (including phenoxy) is 1. The third-order valence-corrected chi connectivity index (χ3v) is 2.64. The van der Waals surface area contributed by atoms with Crippen molar-refractivity contribution in [2.24, 2.45) is 0 Å². The molecule has 0 saturated heterocycles. The van der Waals surface area contributed by atoms with Crippen LogP contribution in [-0.2, 0) is 6.61 Å². The minimum Gasteiger partial charge on any atom is -0.492 e. The maximum Gasteiger partial charge on any atom is 0.513 e. The average Bonchev–Trinajstić information content (AvgIpc) is 2.36. The smallest absolute Gasteiger partial charge is 0.492 e. The standard InChI is InChI=1S/C13H9BF5O/c15-10-3-1-9(2-4-10)8-20-13-7-11(16)5-6-12(13)14(17,18)19/h1-7H,8H2/q-1. The molecule has 0 bridgehead atoms. The van der Waals surface area contributed by atoms with Crippen molar-refractivity contribution in [1.82, 2.24) is 0 Å². The van der Waals surface area contributed by atoms with Gasteiger partial charge in [0.1, 0.15) is 18.2 Å². The molecule has 0 aliphatic heterocycles. The zero-order valence-corrected chi connectivity index (χ0v) is 10.1. The van der Waals surface area contributed by atoms with Crippen LogP contribution in [0, 0.1) is 11.6 Å². The van der Waals surface area contributed by atoms with E-state index in [0.29, 0.717) is 17.7 Å². The Kier molecular flexibility index (Phi) is 3.97. The molecule has 0 amide bonds. The summed E-state index contributed by atoms with van der Waals surface area (Å²) in [5, 5.41) is 0. The Morgan fingerprint density at radius 1 is 0.850 bits per heavy atom. The first kappa shape index (κ1) is 14.4. The van der Waals surface area contributed by atoms with E-state index in [9.17, 15) is 21.7 Å². The first-order valence-corrected chi connectivity index (χ1v) is 5.73. The number of hydrogen-bond acceptors (Lipinski definition) is 1. The van der Waals surface area contributed by atoms with Gasteiger partial charge in [-0.2, -0.15) is 0 Å². The van der Waals surface area contributed by atoms with E-state index < -0.39 is 29.8 Å². The zero-order valence-electron chi connectivity index (χ0n) is 10.1. The van der Waals surface area contributed by atoms with Gasteiger partial charge in [0.2, 0.25) is 0 Å². The van der Waals surface area contributed by atoms with Gasteiger partial charge in [-0.25, -0.2) is 8.78 Å². The summed E-state index contributed by atoms with van der Waals surface area (Å²) in [7, 11) is 0. The fourth-order valence-electron chi connectivity index (χ4n) is 1.65. The molecule has 0 atom stereocenters. The molecule has 0 aromatic heterocycles. The lowest BCUT2D eigenvalue weighted by Gasteiger charge is -2.19. The predicted octanol–water partition coefficient (Wildman–Crippen LogP) is 3.60. The van der Waals surface area contributed by atoms with E-state index in [-0.39, 0.29) is 6.61 Å². The molecular weight excluding hydrogens is 278 g/mol. The fraction of sp³-hybridized carbons (Fsp3) is 0.0769. The van der Waals surface area contributed by atoms with Crippen LogP contribution in [0.1, 0.15) is 5.56 Å². The van der Waals surface area contributed by atoms with Crippen molar-refractivity contribution in [2.75, 3.05) is 0 Å². The average molecular weight is 287 g/mol. The fourth-order valence-corrected chi connectivity index (χ4v) is 1.65. The highest BCUT2D eigenvalue weighted by atomic mass is 19.4. The number of halogens is 5. The molecule has 2 aromatic rings. The maximum absolute atomic E-state index is 13.0. The van der Waals surface area contributed by atoms with Gasteiger partial charge in [0.05, 0.1) is 5.75 Å². The first-order valence-electron chi connectivity index (χ1n) is 5.73. The summed E-state index contributed by atoms with van der Waals surface area (Å²) in [6, 6.07) is 7.16. The van der Waals surface area contributed by atoms with Crippen molar-refractivity contribution in [1.29, 1.82) is 0 Å². The zero-order chi connectivity index (χ0) is 14.8. The minimum absolute atomic E-state index is 0.205. The van der Waals surface area contributed by atoms with Crippen LogP contribution in [-0.4, -0.2) is 6.98 Å². The normalized spacial score (nSPS) is 11.4. The van der Waals surface area contributed by atoms with Crippen LogP contribution >= 0.6 is 0 Å². The number of rotatable bonds is 4. The molecule has 0 spiro atoms. The molecule has 2 rings (SSSR count). The van der Waals surface area contributed by atoms with Gasteiger partial charge in [0.25, 0.3) is 0 Å². The first-order chi connectivity index (χ1) is 9.36. The van der Waals surface area contributed by atoms with E-state index in [0.717, 1.165) is 6.07 Å². The van der Waals surface area contributed by atoms with Crippen molar-refractivity contribution in [3.63, 3.8) is 0 Å². The van der Waals surface area contributed by atoms with Gasteiger partial charge >= 0.3 is 6.98 Å². The van der Waals surface area contributed by atoms with Crippen molar-refractivity contribution < 1.29 is 26.5 Å². The lowest BCUT2D eigenvalue weighted by atomic mass is 9.79. The second-order valence-corrected chi connectivity index (χ2v) is 4.17. The highest BCUT2D eigenvalue weighted by molar-refractivity contribution is 6.74. The van der Waals surface area contributed by atoms with Gasteiger partial charge in [-0.1, -0.05) is 23.7 Å². The topological polar surface area (TPSA) is 9.23 Å². The van der Waals surface area contributed by atoms with Gasteiger partial charge in [-0.3, -0.25) is 0 Å². The van der Waals surface area contributed by atoms with E-state index in [1.54, 1.807) is 0 Å². The molecule has 0 fully saturated rings. The quantitative estimate of drug-likeness (QED) is 0.616. The summed E-state index contributed by atoms with van der Waals surface area (Å²) in [5.74, 6) is -1.84. The van der Waals surface area contributed by atoms with Crippen molar-refractivity contribution in [3.05, 3.63) is 59.7 Å². The molecule has 20 heavy (non-hydrogen) atoms. The SMILES string of the molecule is Fc1ccc(COc2cc(F)ccc2[B-](F)(F)F)cc1. The van der Waals surface area contributed by atoms with E-state index in [4.69, 9.17) is 4.74 Å². The van der Waals surface area contributed by atoms with E-state index >= 15 is 0 Å². The second-order valence-electron chi connectivity index (χ2n) is 4.17. The molecule has 2 aromatic carbocycles. The van der Waals surface area contributed by atoms with Crippen LogP contribution in [0.2, 0.25) is 0 Å². The largest absolute Gasteiger partial charge is 0.513 e. The molecule has 0 heterocycles. The summed E-state index contributed by atoms with van der Waals surface area (Å²) in [4.78, 5) is 0. The third-order valence-electron chi connectivity index (χ3n) is 2.64. The van der Waals surface area contributed by atoms with Gasteiger partial charge in [-0.15, -0.1) is 0 Å². The van der Waals surface area contributed by atoms with Gasteiger partial charge < -0.3 is 17.7 Å². The summed E-state index contributed by atoms with van der Waals surface area (Å²) in [5.41, 5.74) is -0.509. The lowest BCUT2D eigenvalue weighted by molar-refractivity contribution is 0.305. The van der Waals surface area contributed by atoms with Crippen LogP contribution in [0.5, 0.6) is 5.75 Å². The Morgan fingerprint density at radius 2 is 1.45 bits per heavy atom. The van der Waals surface area contributed by atoms with Crippen LogP contribution in [0.4, 0.5) is 21.7 Å². The minimum atomic E-state index is -5.29. The number of hydrogen-bond donors (Lipinski definition) is 0. The number of benzene rings is 2. The van der Waals surface area contributed by atoms with Crippen LogP contribution < -0.4 is 10.2 Å². The van der Waals surface area contributed by atoms with E-state index in [1.807, 2.05) is 0 Å². The van der Waals surface area contributed by atoms with Crippen LogP contribution in [0.25, 0.3) is 0 Å². The van der Waals surface area contributed by atoms with Crippen LogP contribution in [0.3, 0.4) is 0 Å². The molecule has 106 valence electrons. The van der Waals surface area contributed by atoms with Crippen molar-refractivity contribution in [3.8, 4) is 5.75 Å². The predicted molar refractivity (Wildman–Crippen MR) is 65.8 cm³/mol. The summed E-state index contributed by atoms with van der Waals surface area (Å²) < 4.78 is 69.0. The molecular formula is C13H9BF5O-. The highest BCUT2D eigenvalue weighted by Crippen LogP contribution is 2.20.